The third-order valence-corrected chi connectivity index (χ3v) is 2.65. The number of carbonyl (C=O) groups is 1. The van der Waals surface area contributed by atoms with Crippen LogP contribution in [-0.4, -0.2) is 11.7 Å². The van der Waals surface area contributed by atoms with Crippen LogP contribution in [0, 0.1) is 10.8 Å². The van der Waals surface area contributed by atoms with Crippen LogP contribution in [0.1, 0.15) is 67.2 Å². The van der Waals surface area contributed by atoms with Gasteiger partial charge in [-0.05, 0) is 36.5 Å². The number of hydrogen-bond donors (Lipinski definition) is 2. The fourth-order valence-electron chi connectivity index (χ4n) is 1.41. The molecule has 4 nitrogen and oxygen atoms in total. The van der Waals surface area contributed by atoms with E-state index < -0.39 is 6.03 Å². The highest BCUT2D eigenvalue weighted by Crippen LogP contribution is 2.25. The molecule has 0 atom stereocenters. The number of urea groups is 1. The maximum atomic E-state index is 10.7. The molecule has 0 rings (SSSR count). The van der Waals surface area contributed by atoms with Gasteiger partial charge in [-0.15, -0.1) is 0 Å². The minimum Gasteiger partial charge on any atom is -0.350 e. The van der Waals surface area contributed by atoms with Crippen molar-refractivity contribution in [1.29, 1.82) is 0 Å². The number of nitrogens with one attached hydrogen (secondary N) is 1. The van der Waals surface area contributed by atoms with Gasteiger partial charge in [-0.1, -0.05) is 41.5 Å². The van der Waals surface area contributed by atoms with E-state index in [2.05, 4.69) is 52.1 Å². The van der Waals surface area contributed by atoms with Gasteiger partial charge in [0.05, 0.1) is 0 Å². The number of hydrazone groups is 1. The smallest absolute Gasteiger partial charge is 0.332 e. The van der Waals surface area contributed by atoms with Gasteiger partial charge >= 0.3 is 6.03 Å². The van der Waals surface area contributed by atoms with Crippen molar-refractivity contribution in [2.75, 3.05) is 0 Å². The van der Waals surface area contributed by atoms with Crippen LogP contribution in [0.5, 0.6) is 0 Å². The highest BCUT2D eigenvalue weighted by atomic mass is 16.2. The summed E-state index contributed by atoms with van der Waals surface area (Å²) >= 11 is 0. The zero-order valence-electron chi connectivity index (χ0n) is 12.8. The van der Waals surface area contributed by atoms with Gasteiger partial charge in [0.2, 0.25) is 0 Å². The Morgan fingerprint density at radius 3 is 1.67 bits per heavy atom. The molecule has 0 aromatic carbocycles. The van der Waals surface area contributed by atoms with E-state index in [9.17, 15) is 4.79 Å². The molecule has 0 unspecified atom stereocenters. The van der Waals surface area contributed by atoms with Crippen molar-refractivity contribution in [3.63, 3.8) is 0 Å². The van der Waals surface area contributed by atoms with E-state index in [0.29, 0.717) is 0 Å². The van der Waals surface area contributed by atoms with E-state index in [4.69, 9.17) is 5.73 Å². The summed E-state index contributed by atoms with van der Waals surface area (Å²) in [6, 6.07) is -0.598. The summed E-state index contributed by atoms with van der Waals surface area (Å²) in [5, 5.41) is 4.12. The number of nitrogens with two attached hydrogens (primary N) is 1. The third-order valence-electron chi connectivity index (χ3n) is 2.65. The molecule has 0 aliphatic rings. The topological polar surface area (TPSA) is 67.5 Å². The Labute approximate surface area is 111 Å². The molecule has 0 aliphatic heterocycles. The number of hydrogen-bond acceptors (Lipinski definition) is 2. The van der Waals surface area contributed by atoms with Gasteiger partial charge < -0.3 is 5.73 Å². The summed E-state index contributed by atoms with van der Waals surface area (Å²) in [5.41, 5.74) is 8.97. The summed E-state index contributed by atoms with van der Waals surface area (Å²) in [6.07, 6.45) is 3.91. The molecule has 0 aliphatic carbocycles. The molecule has 0 fully saturated rings. The Balaban J connectivity index is 4.43. The Morgan fingerprint density at radius 1 is 1.00 bits per heavy atom. The van der Waals surface area contributed by atoms with Crippen LogP contribution in [0.15, 0.2) is 5.10 Å². The van der Waals surface area contributed by atoms with Crippen LogP contribution >= 0.6 is 0 Å². The van der Waals surface area contributed by atoms with Crippen molar-refractivity contribution in [1.82, 2.24) is 5.43 Å². The molecule has 106 valence electrons. The Hall–Kier alpha value is -1.06. The van der Waals surface area contributed by atoms with E-state index in [1.807, 2.05) is 0 Å². The Morgan fingerprint density at radius 2 is 1.39 bits per heavy atom. The molecular weight excluding hydrogens is 226 g/mol. The fourth-order valence-corrected chi connectivity index (χ4v) is 1.41. The molecule has 3 N–H and O–H groups in total. The quantitative estimate of drug-likeness (QED) is 0.571. The molecule has 4 heteroatoms. The highest BCUT2D eigenvalue weighted by molar-refractivity contribution is 5.85. The van der Waals surface area contributed by atoms with Crippen molar-refractivity contribution in [3.05, 3.63) is 0 Å². The fraction of sp³-hybridized carbons (Fsp3) is 0.857. The number of primary amides is 1. The molecule has 0 saturated carbocycles. The maximum Gasteiger partial charge on any atom is 0.332 e. The lowest BCUT2D eigenvalue weighted by molar-refractivity contribution is 0.249. The second-order valence-electron chi connectivity index (χ2n) is 7.28. The molecular formula is C14H29N3O. The van der Waals surface area contributed by atoms with Gasteiger partial charge in [0.15, 0.2) is 0 Å². The number of carbonyl (C=O) groups excluding carboxylic acids is 1. The van der Waals surface area contributed by atoms with E-state index >= 15 is 0 Å². The average Bonchev–Trinajstić information content (AvgIpc) is 2.13. The van der Waals surface area contributed by atoms with Gasteiger partial charge in [0, 0.05) is 5.71 Å². The predicted octanol–water partition coefficient (Wildman–Crippen LogP) is 3.66. The monoisotopic (exact) mass is 255 g/mol. The number of amides is 2. The van der Waals surface area contributed by atoms with E-state index in [1.165, 1.54) is 0 Å². The molecule has 0 aromatic heterocycles. The summed E-state index contributed by atoms with van der Waals surface area (Å²) in [5.74, 6) is 0. The SMILES string of the molecule is CC(C)(C)CCC(CCC(C)(C)C)=NNC(N)=O. The normalized spacial score (nSPS) is 12.1. The van der Waals surface area contributed by atoms with Crippen LogP contribution in [0.25, 0.3) is 0 Å². The standard InChI is InChI=1S/C14H29N3O/c1-13(2,3)9-7-11(16-17-12(15)18)8-10-14(4,5)6/h7-10H2,1-6H3,(H3,15,17,18). The Bertz CT molecular complexity index is 275. The van der Waals surface area contributed by atoms with Gasteiger partial charge in [-0.3, -0.25) is 0 Å². The van der Waals surface area contributed by atoms with Crippen LogP contribution in [-0.2, 0) is 0 Å². The van der Waals surface area contributed by atoms with Gasteiger partial charge in [-0.2, -0.15) is 5.10 Å². The second-order valence-corrected chi connectivity index (χ2v) is 7.28. The zero-order valence-corrected chi connectivity index (χ0v) is 12.8. The van der Waals surface area contributed by atoms with Crippen molar-refractivity contribution in [3.8, 4) is 0 Å². The van der Waals surface area contributed by atoms with Crippen LogP contribution in [0.3, 0.4) is 0 Å². The lowest BCUT2D eigenvalue weighted by Crippen LogP contribution is -2.26. The maximum absolute atomic E-state index is 10.7. The second kappa shape index (κ2) is 6.76. The van der Waals surface area contributed by atoms with Crippen LogP contribution in [0.2, 0.25) is 0 Å². The third kappa shape index (κ3) is 11.4. The minimum absolute atomic E-state index is 0.273. The summed E-state index contributed by atoms with van der Waals surface area (Å²) in [4.78, 5) is 10.7. The molecule has 18 heavy (non-hydrogen) atoms. The summed E-state index contributed by atoms with van der Waals surface area (Å²) < 4.78 is 0. The first-order valence-electron chi connectivity index (χ1n) is 6.60. The zero-order chi connectivity index (χ0) is 14.4. The Kier molecular flexibility index (Phi) is 6.36. The first kappa shape index (κ1) is 16.9. The van der Waals surface area contributed by atoms with Crippen molar-refractivity contribution in [2.45, 2.75) is 67.2 Å². The van der Waals surface area contributed by atoms with Crippen molar-refractivity contribution >= 4 is 11.7 Å². The lowest BCUT2D eigenvalue weighted by atomic mass is 9.86. The molecule has 0 aromatic rings. The van der Waals surface area contributed by atoms with Gasteiger partial charge in [-0.25, -0.2) is 10.2 Å². The van der Waals surface area contributed by atoms with Crippen molar-refractivity contribution < 1.29 is 4.79 Å². The predicted molar refractivity (Wildman–Crippen MR) is 77.5 cm³/mol. The largest absolute Gasteiger partial charge is 0.350 e. The molecule has 0 radical (unpaired) electrons. The van der Waals surface area contributed by atoms with Crippen LogP contribution < -0.4 is 11.2 Å². The van der Waals surface area contributed by atoms with E-state index in [1.54, 1.807) is 0 Å². The van der Waals surface area contributed by atoms with Gasteiger partial charge in [0.25, 0.3) is 0 Å². The number of rotatable bonds is 5. The lowest BCUT2D eigenvalue weighted by Gasteiger charge is -2.21. The molecule has 0 heterocycles. The summed E-state index contributed by atoms with van der Waals surface area (Å²) in [6.45, 7) is 13.2. The first-order chi connectivity index (χ1) is 7.99. The average molecular weight is 255 g/mol. The van der Waals surface area contributed by atoms with E-state index in [0.717, 1.165) is 31.4 Å². The van der Waals surface area contributed by atoms with Crippen LogP contribution in [0.4, 0.5) is 4.79 Å². The molecule has 0 bridgehead atoms. The van der Waals surface area contributed by atoms with Crippen molar-refractivity contribution in [2.24, 2.45) is 21.7 Å². The molecule has 0 saturated heterocycles. The first-order valence-corrected chi connectivity index (χ1v) is 6.60. The van der Waals surface area contributed by atoms with Gasteiger partial charge in [0.1, 0.15) is 0 Å². The minimum atomic E-state index is -0.598. The molecule has 0 spiro atoms. The summed E-state index contributed by atoms with van der Waals surface area (Å²) in [7, 11) is 0. The number of nitrogens with zero attached hydrogens (tertiary/aromatic N) is 1. The highest BCUT2D eigenvalue weighted by Gasteiger charge is 2.15. The van der Waals surface area contributed by atoms with E-state index in [-0.39, 0.29) is 10.8 Å². The molecule has 2 amide bonds.